The zero-order valence-corrected chi connectivity index (χ0v) is 20.1. The molecule has 34 heavy (non-hydrogen) atoms. The van der Waals surface area contributed by atoms with E-state index in [9.17, 15) is 14.4 Å². The van der Waals surface area contributed by atoms with Crippen molar-refractivity contribution in [2.24, 2.45) is 7.05 Å². The van der Waals surface area contributed by atoms with E-state index in [1.165, 1.54) is 23.9 Å². The Labute approximate surface area is 201 Å². The van der Waals surface area contributed by atoms with Gasteiger partial charge in [-0.3, -0.25) is 9.36 Å². The van der Waals surface area contributed by atoms with E-state index in [4.69, 9.17) is 0 Å². The molecule has 0 fully saturated rings. The number of hydrogen-bond donors (Lipinski definition) is 1. The maximum absolute atomic E-state index is 13.4. The van der Waals surface area contributed by atoms with Gasteiger partial charge in [-0.2, -0.15) is 5.26 Å². The van der Waals surface area contributed by atoms with Crippen molar-refractivity contribution in [1.29, 1.82) is 5.26 Å². The second-order valence-corrected chi connectivity index (χ2v) is 8.82. The Hall–Kier alpha value is -3.90. The van der Waals surface area contributed by atoms with Gasteiger partial charge in [0.25, 0.3) is 0 Å². The summed E-state index contributed by atoms with van der Waals surface area (Å²) < 4.78 is 17.1. The lowest BCUT2D eigenvalue weighted by atomic mass is 10.1. The fraction of sp³-hybridized carbons (Fsp3) is 0.200. The molecule has 1 N–H and O–H groups in total. The van der Waals surface area contributed by atoms with E-state index in [1.807, 2.05) is 56.7 Å². The Morgan fingerprint density at radius 3 is 2.50 bits per heavy atom. The number of nitrogens with one attached hydrogen (secondary N) is 1. The Morgan fingerprint density at radius 1 is 1.12 bits per heavy atom. The lowest BCUT2D eigenvalue weighted by Gasteiger charge is -2.13. The van der Waals surface area contributed by atoms with Crippen molar-refractivity contribution in [2.45, 2.75) is 25.9 Å². The molecule has 0 atom stereocenters. The molecule has 9 heteroatoms. The van der Waals surface area contributed by atoms with E-state index in [0.717, 1.165) is 28.2 Å². The number of carbonyl (C=O) groups excluding carboxylic acids is 1. The molecule has 2 aromatic carbocycles. The minimum absolute atomic E-state index is 0.0807. The standard InChI is InChI=1S/C25H23FN6OS/c1-15-7-5-6-8-20(15)24-29-30-25(31(24)4)34-14-22(33)28-23-21(13-27)16(2)17(3)32(23)19-11-9-18(26)10-12-19/h5-12H,14H2,1-4H3,(H,28,33). The smallest absolute Gasteiger partial charge is 0.236 e. The molecule has 0 aliphatic rings. The molecule has 0 aliphatic heterocycles. The summed E-state index contributed by atoms with van der Waals surface area (Å²) in [5, 5.41) is 21.7. The lowest BCUT2D eigenvalue weighted by molar-refractivity contribution is -0.113. The van der Waals surface area contributed by atoms with Gasteiger partial charge in [-0.15, -0.1) is 10.2 Å². The Morgan fingerprint density at radius 2 is 1.82 bits per heavy atom. The zero-order valence-electron chi connectivity index (χ0n) is 19.3. The number of nitrogens with zero attached hydrogens (tertiary/aromatic N) is 5. The minimum Gasteiger partial charge on any atom is -0.310 e. The molecule has 0 saturated heterocycles. The second kappa shape index (κ2) is 9.53. The Balaban J connectivity index is 1.56. The van der Waals surface area contributed by atoms with Crippen molar-refractivity contribution in [2.75, 3.05) is 11.1 Å². The van der Waals surface area contributed by atoms with Gasteiger partial charge in [-0.1, -0.05) is 36.0 Å². The highest BCUT2D eigenvalue weighted by Gasteiger charge is 2.21. The zero-order chi connectivity index (χ0) is 24.4. The first-order chi connectivity index (χ1) is 16.3. The molecular formula is C25H23FN6OS. The predicted molar refractivity (Wildman–Crippen MR) is 130 cm³/mol. The van der Waals surface area contributed by atoms with Gasteiger partial charge in [0.1, 0.15) is 17.7 Å². The number of carbonyl (C=O) groups is 1. The molecule has 0 bridgehead atoms. The number of thioether (sulfide) groups is 1. The first-order valence-corrected chi connectivity index (χ1v) is 11.6. The van der Waals surface area contributed by atoms with Crippen LogP contribution >= 0.6 is 11.8 Å². The Kier molecular flexibility index (Phi) is 6.52. The van der Waals surface area contributed by atoms with Gasteiger partial charge in [0.05, 0.1) is 11.3 Å². The third-order valence-electron chi connectivity index (χ3n) is 5.72. The average molecular weight is 475 g/mol. The highest BCUT2D eigenvalue weighted by molar-refractivity contribution is 7.99. The average Bonchev–Trinajstić information content (AvgIpc) is 3.30. The van der Waals surface area contributed by atoms with Gasteiger partial charge < -0.3 is 9.88 Å². The van der Waals surface area contributed by atoms with Crippen LogP contribution in [0.1, 0.15) is 22.4 Å². The van der Waals surface area contributed by atoms with Gasteiger partial charge in [-0.25, -0.2) is 4.39 Å². The van der Waals surface area contributed by atoms with Gasteiger partial charge in [0, 0.05) is 24.0 Å². The van der Waals surface area contributed by atoms with Crippen molar-refractivity contribution >= 4 is 23.5 Å². The first-order valence-electron chi connectivity index (χ1n) is 10.6. The summed E-state index contributed by atoms with van der Waals surface area (Å²) >= 11 is 1.26. The van der Waals surface area contributed by atoms with Crippen LogP contribution in [0.3, 0.4) is 0 Å². The van der Waals surface area contributed by atoms with Crippen LogP contribution in [-0.4, -0.2) is 31.0 Å². The first kappa shape index (κ1) is 23.3. The van der Waals surface area contributed by atoms with Gasteiger partial charge in [0.2, 0.25) is 5.91 Å². The number of rotatable bonds is 6. The van der Waals surface area contributed by atoms with E-state index in [2.05, 4.69) is 21.6 Å². The molecule has 0 unspecified atom stereocenters. The number of anilines is 1. The van der Waals surface area contributed by atoms with E-state index < -0.39 is 0 Å². The molecule has 0 aliphatic carbocycles. The molecule has 0 spiro atoms. The highest BCUT2D eigenvalue weighted by atomic mass is 32.2. The van der Waals surface area contributed by atoms with Crippen LogP contribution in [0.2, 0.25) is 0 Å². The summed E-state index contributed by atoms with van der Waals surface area (Å²) in [6, 6.07) is 16.0. The number of amides is 1. The molecule has 7 nitrogen and oxygen atoms in total. The molecule has 2 aromatic heterocycles. The van der Waals surface area contributed by atoms with Gasteiger partial charge in [-0.05, 0) is 56.2 Å². The summed E-state index contributed by atoms with van der Waals surface area (Å²) in [7, 11) is 1.86. The number of aryl methyl sites for hydroxylation is 1. The number of nitriles is 1. The summed E-state index contributed by atoms with van der Waals surface area (Å²) in [5.74, 6) is 0.527. The second-order valence-electron chi connectivity index (χ2n) is 7.87. The van der Waals surface area contributed by atoms with Crippen LogP contribution in [-0.2, 0) is 11.8 Å². The number of halogens is 1. The quantitative estimate of drug-likeness (QED) is 0.400. The molecule has 0 saturated carbocycles. The normalized spacial score (nSPS) is 10.8. The van der Waals surface area contributed by atoms with Crippen LogP contribution in [0, 0.1) is 37.9 Å². The van der Waals surface area contributed by atoms with Crippen LogP contribution in [0.25, 0.3) is 17.1 Å². The lowest BCUT2D eigenvalue weighted by Crippen LogP contribution is -2.18. The van der Waals surface area contributed by atoms with E-state index in [-0.39, 0.29) is 17.5 Å². The molecular weight excluding hydrogens is 451 g/mol. The third kappa shape index (κ3) is 4.32. The fourth-order valence-corrected chi connectivity index (χ4v) is 4.48. The summed E-state index contributed by atoms with van der Waals surface area (Å²) in [4.78, 5) is 12.9. The van der Waals surface area contributed by atoms with E-state index in [1.54, 1.807) is 16.7 Å². The van der Waals surface area contributed by atoms with Crippen LogP contribution in [0.5, 0.6) is 0 Å². The summed E-state index contributed by atoms with van der Waals surface area (Å²) in [6.45, 7) is 5.69. The summed E-state index contributed by atoms with van der Waals surface area (Å²) in [6.07, 6.45) is 0. The van der Waals surface area contributed by atoms with Crippen LogP contribution in [0.15, 0.2) is 53.7 Å². The third-order valence-corrected chi connectivity index (χ3v) is 6.74. The largest absolute Gasteiger partial charge is 0.310 e. The van der Waals surface area contributed by atoms with E-state index in [0.29, 0.717) is 22.2 Å². The molecule has 172 valence electrons. The molecule has 1 amide bonds. The summed E-state index contributed by atoms with van der Waals surface area (Å²) in [5.41, 5.74) is 4.65. The number of aromatic nitrogens is 4. The van der Waals surface area contributed by atoms with Crippen molar-refractivity contribution in [3.05, 3.63) is 76.7 Å². The Bertz CT molecular complexity index is 1410. The van der Waals surface area contributed by atoms with E-state index >= 15 is 0 Å². The van der Waals surface area contributed by atoms with Gasteiger partial charge >= 0.3 is 0 Å². The van der Waals surface area contributed by atoms with Crippen molar-refractivity contribution in [3.63, 3.8) is 0 Å². The number of benzene rings is 2. The SMILES string of the molecule is Cc1ccccc1-c1nnc(SCC(=O)Nc2c(C#N)c(C)c(C)n2-c2ccc(F)cc2)n1C. The number of hydrogen-bond acceptors (Lipinski definition) is 5. The highest BCUT2D eigenvalue weighted by Crippen LogP contribution is 2.31. The molecule has 4 aromatic rings. The molecule has 2 heterocycles. The van der Waals surface area contributed by atoms with Crippen LogP contribution < -0.4 is 5.32 Å². The molecule has 0 radical (unpaired) electrons. The maximum Gasteiger partial charge on any atom is 0.236 e. The van der Waals surface area contributed by atoms with Crippen LogP contribution in [0.4, 0.5) is 10.2 Å². The topological polar surface area (TPSA) is 88.5 Å². The van der Waals surface area contributed by atoms with Gasteiger partial charge in [0.15, 0.2) is 11.0 Å². The molecule has 4 rings (SSSR count). The van der Waals surface area contributed by atoms with Crippen molar-refractivity contribution < 1.29 is 9.18 Å². The maximum atomic E-state index is 13.4. The minimum atomic E-state index is -0.360. The van der Waals surface area contributed by atoms with Crippen molar-refractivity contribution in [1.82, 2.24) is 19.3 Å². The monoisotopic (exact) mass is 474 g/mol. The fourth-order valence-electron chi connectivity index (χ4n) is 3.77. The van der Waals surface area contributed by atoms with Crippen molar-refractivity contribution in [3.8, 4) is 23.1 Å². The predicted octanol–water partition coefficient (Wildman–Crippen LogP) is 4.94.